The summed E-state index contributed by atoms with van der Waals surface area (Å²) in [6.45, 7) is 1.63. The van der Waals surface area contributed by atoms with Crippen LogP contribution in [0.1, 0.15) is 25.0 Å². The minimum atomic E-state index is -0.990. The highest BCUT2D eigenvalue weighted by molar-refractivity contribution is 5.71. The number of benzene rings is 1. The lowest BCUT2D eigenvalue weighted by atomic mass is 9.98. The van der Waals surface area contributed by atoms with Gasteiger partial charge in [0.2, 0.25) is 0 Å². The number of esters is 1. The Morgan fingerprint density at radius 3 is 2.69 bits per heavy atom. The summed E-state index contributed by atoms with van der Waals surface area (Å²) in [5.74, 6) is -1.33. The molecule has 0 aliphatic heterocycles. The van der Waals surface area contributed by atoms with Crippen LogP contribution < -0.4 is 0 Å². The summed E-state index contributed by atoms with van der Waals surface area (Å²) >= 11 is 0. The summed E-state index contributed by atoms with van der Waals surface area (Å²) in [5.41, 5.74) is 0.207. The molecule has 88 valence electrons. The van der Waals surface area contributed by atoms with Crippen LogP contribution in [0.2, 0.25) is 0 Å². The lowest BCUT2D eigenvalue weighted by Crippen LogP contribution is -2.16. The van der Waals surface area contributed by atoms with Crippen LogP contribution in [-0.2, 0) is 9.53 Å². The molecule has 0 bridgehead atoms. The van der Waals surface area contributed by atoms with Crippen LogP contribution in [0.25, 0.3) is 0 Å². The second-order valence-corrected chi connectivity index (χ2v) is 3.70. The zero-order valence-corrected chi connectivity index (χ0v) is 9.31. The zero-order valence-electron chi connectivity index (χ0n) is 9.31. The largest absolute Gasteiger partial charge is 0.469 e. The number of ether oxygens (including phenoxy) is 1. The lowest BCUT2D eigenvalue weighted by Gasteiger charge is -2.15. The Bertz CT molecular complexity index is 365. The number of carbonyl (C=O) groups is 1. The molecule has 0 radical (unpaired) electrons. The Labute approximate surface area is 93.9 Å². The van der Waals surface area contributed by atoms with Gasteiger partial charge in [-0.15, -0.1) is 0 Å². The van der Waals surface area contributed by atoms with E-state index < -0.39 is 23.8 Å². The van der Waals surface area contributed by atoms with Crippen LogP contribution in [0.5, 0.6) is 0 Å². The normalized spacial score (nSPS) is 14.2. The van der Waals surface area contributed by atoms with Crippen molar-refractivity contribution in [2.45, 2.75) is 19.4 Å². The van der Waals surface area contributed by atoms with Crippen molar-refractivity contribution >= 4 is 5.97 Å². The first-order chi connectivity index (χ1) is 7.56. The molecule has 0 fully saturated rings. The summed E-state index contributed by atoms with van der Waals surface area (Å²) in [4.78, 5) is 11.1. The van der Waals surface area contributed by atoms with Crippen LogP contribution in [0, 0.1) is 11.7 Å². The molecule has 4 heteroatoms. The van der Waals surface area contributed by atoms with Crippen molar-refractivity contribution in [1.82, 2.24) is 0 Å². The van der Waals surface area contributed by atoms with Crippen molar-refractivity contribution in [2.24, 2.45) is 5.92 Å². The van der Waals surface area contributed by atoms with Crippen molar-refractivity contribution in [3.8, 4) is 0 Å². The molecule has 2 atom stereocenters. The molecule has 2 unspecified atom stereocenters. The van der Waals surface area contributed by atoms with E-state index in [9.17, 15) is 14.3 Å². The van der Waals surface area contributed by atoms with Gasteiger partial charge in [-0.25, -0.2) is 4.39 Å². The number of methoxy groups -OCH3 is 1. The average molecular weight is 226 g/mol. The maximum absolute atomic E-state index is 13.3. The van der Waals surface area contributed by atoms with Gasteiger partial charge in [-0.2, -0.15) is 0 Å². The van der Waals surface area contributed by atoms with Crippen LogP contribution in [0.15, 0.2) is 24.3 Å². The van der Waals surface area contributed by atoms with E-state index in [1.54, 1.807) is 19.1 Å². The first kappa shape index (κ1) is 12.6. The van der Waals surface area contributed by atoms with Crippen molar-refractivity contribution < 1.29 is 19.0 Å². The third-order valence-electron chi connectivity index (χ3n) is 2.44. The number of aliphatic hydroxyl groups excluding tert-OH is 1. The number of rotatable bonds is 4. The topological polar surface area (TPSA) is 46.5 Å². The summed E-state index contributed by atoms with van der Waals surface area (Å²) in [6, 6.07) is 5.98. The predicted molar refractivity (Wildman–Crippen MR) is 57.2 cm³/mol. The number of halogens is 1. The van der Waals surface area contributed by atoms with Crippen molar-refractivity contribution in [2.75, 3.05) is 7.11 Å². The van der Waals surface area contributed by atoms with E-state index in [1.807, 2.05) is 0 Å². The molecule has 0 heterocycles. The Hall–Kier alpha value is -1.42. The van der Waals surface area contributed by atoms with Crippen LogP contribution in [0.3, 0.4) is 0 Å². The van der Waals surface area contributed by atoms with Gasteiger partial charge in [0.1, 0.15) is 5.82 Å². The van der Waals surface area contributed by atoms with Gasteiger partial charge in [-0.05, 0) is 12.5 Å². The van der Waals surface area contributed by atoms with Crippen LogP contribution in [-0.4, -0.2) is 18.2 Å². The third kappa shape index (κ3) is 3.03. The van der Waals surface area contributed by atoms with Crippen molar-refractivity contribution in [3.63, 3.8) is 0 Å². The number of hydrogen-bond donors (Lipinski definition) is 1. The summed E-state index contributed by atoms with van der Waals surface area (Å²) in [7, 11) is 1.29. The second kappa shape index (κ2) is 5.61. The molecule has 0 amide bonds. The van der Waals surface area contributed by atoms with Gasteiger partial charge >= 0.3 is 5.97 Å². The molecular formula is C12H15FO3. The smallest absolute Gasteiger partial charge is 0.308 e. The second-order valence-electron chi connectivity index (χ2n) is 3.70. The molecule has 0 saturated carbocycles. The average Bonchev–Trinajstić information content (AvgIpc) is 2.28. The monoisotopic (exact) mass is 226 g/mol. The van der Waals surface area contributed by atoms with Gasteiger partial charge in [0.05, 0.1) is 19.1 Å². The zero-order chi connectivity index (χ0) is 12.1. The van der Waals surface area contributed by atoms with E-state index in [4.69, 9.17) is 0 Å². The van der Waals surface area contributed by atoms with E-state index in [0.29, 0.717) is 0 Å². The van der Waals surface area contributed by atoms with Gasteiger partial charge in [0, 0.05) is 5.56 Å². The van der Waals surface area contributed by atoms with Crippen molar-refractivity contribution in [1.29, 1.82) is 0 Å². The SMILES string of the molecule is COC(=O)C(C)CC(O)c1ccccc1F. The fourth-order valence-corrected chi connectivity index (χ4v) is 1.50. The van der Waals surface area contributed by atoms with Gasteiger partial charge in [-0.1, -0.05) is 25.1 Å². The first-order valence-electron chi connectivity index (χ1n) is 5.06. The highest BCUT2D eigenvalue weighted by Gasteiger charge is 2.20. The lowest BCUT2D eigenvalue weighted by molar-refractivity contribution is -0.145. The predicted octanol–water partition coefficient (Wildman–Crippen LogP) is 2.06. The van der Waals surface area contributed by atoms with Gasteiger partial charge in [0.25, 0.3) is 0 Å². The molecule has 1 aromatic carbocycles. The first-order valence-corrected chi connectivity index (χ1v) is 5.06. The Morgan fingerprint density at radius 1 is 1.50 bits per heavy atom. The fraction of sp³-hybridized carbons (Fsp3) is 0.417. The Balaban J connectivity index is 2.69. The maximum Gasteiger partial charge on any atom is 0.308 e. The molecule has 0 aromatic heterocycles. The minimum absolute atomic E-state index is 0.146. The van der Waals surface area contributed by atoms with Crippen LogP contribution in [0.4, 0.5) is 4.39 Å². The number of carbonyl (C=O) groups excluding carboxylic acids is 1. The van der Waals surface area contributed by atoms with Gasteiger partial charge < -0.3 is 9.84 Å². The maximum atomic E-state index is 13.3. The molecule has 1 N–H and O–H groups in total. The van der Waals surface area contributed by atoms with Gasteiger partial charge in [-0.3, -0.25) is 4.79 Å². The molecule has 3 nitrogen and oxygen atoms in total. The van der Waals surface area contributed by atoms with Crippen LogP contribution >= 0.6 is 0 Å². The molecule has 16 heavy (non-hydrogen) atoms. The van der Waals surface area contributed by atoms with E-state index in [1.165, 1.54) is 19.2 Å². The molecule has 1 aromatic rings. The Kier molecular flexibility index (Phi) is 4.43. The quantitative estimate of drug-likeness (QED) is 0.799. The molecule has 0 aliphatic rings. The van der Waals surface area contributed by atoms with E-state index in [2.05, 4.69) is 4.74 Å². The van der Waals surface area contributed by atoms with Crippen molar-refractivity contribution in [3.05, 3.63) is 35.6 Å². The van der Waals surface area contributed by atoms with E-state index in [-0.39, 0.29) is 12.0 Å². The molecule has 0 saturated heterocycles. The summed E-state index contributed by atoms with van der Waals surface area (Å²) < 4.78 is 17.8. The van der Waals surface area contributed by atoms with Gasteiger partial charge in [0.15, 0.2) is 0 Å². The molecule has 1 rings (SSSR count). The molecule has 0 spiro atoms. The van der Waals surface area contributed by atoms with E-state index in [0.717, 1.165) is 0 Å². The number of aliphatic hydroxyl groups is 1. The van der Waals surface area contributed by atoms with E-state index >= 15 is 0 Å². The highest BCUT2D eigenvalue weighted by atomic mass is 19.1. The number of hydrogen-bond acceptors (Lipinski definition) is 3. The third-order valence-corrected chi connectivity index (χ3v) is 2.44. The summed E-state index contributed by atoms with van der Waals surface area (Å²) in [6.07, 6.45) is -0.844. The minimum Gasteiger partial charge on any atom is -0.469 e. The Morgan fingerprint density at radius 2 is 2.12 bits per heavy atom. The standard InChI is InChI=1S/C12H15FO3/c1-8(12(15)16-2)7-11(14)9-5-3-4-6-10(9)13/h3-6,8,11,14H,7H2,1-2H3. The fourth-order valence-electron chi connectivity index (χ4n) is 1.50. The molecular weight excluding hydrogens is 211 g/mol. The summed E-state index contributed by atoms with van der Waals surface area (Å²) in [5, 5.41) is 9.77. The molecule has 0 aliphatic carbocycles. The highest BCUT2D eigenvalue weighted by Crippen LogP contribution is 2.23.